The van der Waals surface area contributed by atoms with E-state index >= 15 is 0 Å². The third-order valence-electron chi connectivity index (χ3n) is 4.76. The van der Waals surface area contributed by atoms with Gasteiger partial charge in [-0.05, 0) is 55.1 Å². The minimum Gasteiger partial charge on any atom is -0.367 e. The summed E-state index contributed by atoms with van der Waals surface area (Å²) in [6.45, 7) is 0. The Labute approximate surface area is 100 Å². The number of anilines is 1. The summed E-state index contributed by atoms with van der Waals surface area (Å²) < 4.78 is 0. The maximum Gasteiger partial charge on any atom is 0.131 e. The number of nitrogens with zero attached hydrogens (tertiary/aromatic N) is 1. The van der Waals surface area contributed by atoms with Crippen LogP contribution in [0.4, 0.5) is 5.82 Å². The number of halogens is 1. The summed E-state index contributed by atoms with van der Waals surface area (Å²) in [6, 6.07) is 6.49. The van der Waals surface area contributed by atoms with Gasteiger partial charge in [-0.25, -0.2) is 4.98 Å². The number of rotatable bonds is 2. The van der Waals surface area contributed by atoms with Crippen LogP contribution in [0, 0.1) is 23.7 Å². The van der Waals surface area contributed by atoms with Crippen LogP contribution < -0.4 is 5.32 Å². The Kier molecular flexibility index (Phi) is 1.82. The highest BCUT2D eigenvalue weighted by molar-refractivity contribution is 6.29. The standard InChI is InChI=1S/C13H15ClN2/c14-9-2-1-3-10(15-9)16-13-11-7-4-5-8(6-7)12(11)13/h1-3,7-8,11-13H,4-6H2,(H,15,16). The molecule has 3 aliphatic carbocycles. The normalized spacial score (nSPS) is 43.2. The molecular weight excluding hydrogens is 220 g/mol. The molecule has 3 heteroatoms. The molecule has 1 heterocycles. The van der Waals surface area contributed by atoms with Crippen LogP contribution in [0.5, 0.6) is 0 Å². The number of fused-ring (bicyclic) bond motifs is 5. The molecule has 84 valence electrons. The molecule has 4 rings (SSSR count). The van der Waals surface area contributed by atoms with E-state index in [1.165, 1.54) is 19.3 Å². The molecule has 3 saturated carbocycles. The third-order valence-corrected chi connectivity index (χ3v) is 4.98. The van der Waals surface area contributed by atoms with Crippen LogP contribution in [0.2, 0.25) is 5.15 Å². The van der Waals surface area contributed by atoms with Crippen molar-refractivity contribution in [2.45, 2.75) is 25.3 Å². The van der Waals surface area contributed by atoms with Crippen LogP contribution in [-0.4, -0.2) is 11.0 Å². The van der Waals surface area contributed by atoms with Crippen molar-refractivity contribution in [2.75, 3.05) is 5.32 Å². The van der Waals surface area contributed by atoms with Crippen molar-refractivity contribution < 1.29 is 0 Å². The number of aromatic nitrogens is 1. The number of hydrogen-bond donors (Lipinski definition) is 1. The van der Waals surface area contributed by atoms with Gasteiger partial charge in [0.1, 0.15) is 11.0 Å². The Morgan fingerprint density at radius 2 is 1.94 bits per heavy atom. The molecule has 4 atom stereocenters. The first-order valence-electron chi connectivity index (χ1n) is 6.22. The maximum absolute atomic E-state index is 5.89. The van der Waals surface area contributed by atoms with Crippen molar-refractivity contribution in [3.05, 3.63) is 23.4 Å². The van der Waals surface area contributed by atoms with Crippen molar-refractivity contribution >= 4 is 17.4 Å². The minimum absolute atomic E-state index is 0.582. The van der Waals surface area contributed by atoms with E-state index in [1.807, 2.05) is 18.2 Å². The predicted molar refractivity (Wildman–Crippen MR) is 64.5 cm³/mol. The second-order valence-electron chi connectivity index (χ2n) is 5.50. The van der Waals surface area contributed by atoms with Gasteiger partial charge in [0.25, 0.3) is 0 Å². The zero-order valence-corrected chi connectivity index (χ0v) is 9.82. The van der Waals surface area contributed by atoms with Crippen LogP contribution in [0.1, 0.15) is 19.3 Å². The summed E-state index contributed by atoms with van der Waals surface area (Å²) >= 11 is 5.89. The maximum atomic E-state index is 5.89. The second-order valence-corrected chi connectivity index (χ2v) is 5.89. The largest absolute Gasteiger partial charge is 0.367 e. The molecule has 0 aromatic carbocycles. The summed E-state index contributed by atoms with van der Waals surface area (Å²) in [5, 5.41) is 4.15. The van der Waals surface area contributed by atoms with Gasteiger partial charge in [-0.2, -0.15) is 0 Å². The van der Waals surface area contributed by atoms with Gasteiger partial charge in [0.05, 0.1) is 0 Å². The molecule has 0 spiro atoms. The molecule has 1 aromatic rings. The number of hydrogen-bond acceptors (Lipinski definition) is 2. The number of pyridine rings is 1. The van der Waals surface area contributed by atoms with Gasteiger partial charge in [0, 0.05) is 6.04 Å². The van der Waals surface area contributed by atoms with E-state index in [4.69, 9.17) is 11.6 Å². The van der Waals surface area contributed by atoms with E-state index in [9.17, 15) is 0 Å². The van der Waals surface area contributed by atoms with Crippen LogP contribution in [0.15, 0.2) is 18.2 Å². The molecule has 4 unspecified atom stereocenters. The molecule has 3 fully saturated rings. The Morgan fingerprint density at radius 3 is 2.62 bits per heavy atom. The first-order valence-corrected chi connectivity index (χ1v) is 6.60. The van der Waals surface area contributed by atoms with Crippen LogP contribution >= 0.6 is 11.6 Å². The van der Waals surface area contributed by atoms with Gasteiger partial charge in [0.15, 0.2) is 0 Å². The average Bonchev–Trinajstić information content (AvgIpc) is 2.70. The highest BCUT2D eigenvalue weighted by Crippen LogP contribution is 2.66. The monoisotopic (exact) mass is 234 g/mol. The van der Waals surface area contributed by atoms with E-state index in [0.717, 1.165) is 29.5 Å². The molecule has 16 heavy (non-hydrogen) atoms. The molecule has 2 nitrogen and oxygen atoms in total. The van der Waals surface area contributed by atoms with Gasteiger partial charge in [-0.1, -0.05) is 17.7 Å². The molecule has 0 amide bonds. The topological polar surface area (TPSA) is 24.9 Å². The van der Waals surface area contributed by atoms with Crippen molar-refractivity contribution in [3.8, 4) is 0 Å². The second kappa shape index (κ2) is 3.13. The fourth-order valence-electron chi connectivity index (χ4n) is 4.18. The van der Waals surface area contributed by atoms with E-state index in [1.54, 1.807) is 0 Å². The zero-order chi connectivity index (χ0) is 10.7. The van der Waals surface area contributed by atoms with Gasteiger partial charge < -0.3 is 5.32 Å². The fourth-order valence-corrected chi connectivity index (χ4v) is 4.34. The molecule has 2 bridgehead atoms. The summed E-state index contributed by atoms with van der Waals surface area (Å²) in [5.41, 5.74) is 0. The van der Waals surface area contributed by atoms with E-state index in [0.29, 0.717) is 11.2 Å². The molecule has 0 aliphatic heterocycles. The molecular formula is C13H15ClN2. The van der Waals surface area contributed by atoms with Gasteiger partial charge in [-0.3, -0.25) is 0 Å². The molecule has 1 aromatic heterocycles. The first kappa shape index (κ1) is 9.29. The van der Waals surface area contributed by atoms with E-state index < -0.39 is 0 Å². The van der Waals surface area contributed by atoms with Crippen molar-refractivity contribution in [2.24, 2.45) is 23.7 Å². The average molecular weight is 235 g/mol. The SMILES string of the molecule is Clc1cccc(NC2C3C4CCC(C4)C23)n1. The summed E-state index contributed by atoms with van der Waals surface area (Å²) in [7, 11) is 0. The van der Waals surface area contributed by atoms with Gasteiger partial charge in [0.2, 0.25) is 0 Å². The lowest BCUT2D eigenvalue weighted by Crippen LogP contribution is -2.13. The fraction of sp³-hybridized carbons (Fsp3) is 0.615. The number of nitrogens with one attached hydrogen (secondary N) is 1. The van der Waals surface area contributed by atoms with Gasteiger partial charge in [-0.15, -0.1) is 0 Å². The Bertz CT molecular complexity index is 418. The van der Waals surface area contributed by atoms with Crippen molar-refractivity contribution in [1.29, 1.82) is 0 Å². The Hall–Kier alpha value is -0.760. The lowest BCUT2D eigenvalue weighted by Gasteiger charge is -2.10. The van der Waals surface area contributed by atoms with Crippen LogP contribution in [0.3, 0.4) is 0 Å². The smallest absolute Gasteiger partial charge is 0.131 e. The van der Waals surface area contributed by atoms with E-state index in [-0.39, 0.29) is 0 Å². The van der Waals surface area contributed by atoms with Crippen molar-refractivity contribution in [3.63, 3.8) is 0 Å². The minimum atomic E-state index is 0.582. The zero-order valence-electron chi connectivity index (χ0n) is 9.07. The lowest BCUT2D eigenvalue weighted by atomic mass is 10.0. The quantitative estimate of drug-likeness (QED) is 0.795. The van der Waals surface area contributed by atoms with Gasteiger partial charge >= 0.3 is 0 Å². The summed E-state index contributed by atoms with van der Waals surface area (Å²) in [4.78, 5) is 4.31. The predicted octanol–water partition coefficient (Wildman–Crippen LogP) is 3.19. The Morgan fingerprint density at radius 1 is 1.19 bits per heavy atom. The first-order chi connectivity index (χ1) is 7.83. The van der Waals surface area contributed by atoms with Crippen LogP contribution in [-0.2, 0) is 0 Å². The molecule has 3 aliphatic rings. The molecule has 1 N–H and O–H groups in total. The summed E-state index contributed by atoms with van der Waals surface area (Å²) in [6.07, 6.45) is 4.43. The lowest BCUT2D eigenvalue weighted by molar-refractivity contribution is 0.456. The molecule has 0 saturated heterocycles. The highest BCUT2D eigenvalue weighted by Gasteiger charge is 2.65. The highest BCUT2D eigenvalue weighted by atomic mass is 35.5. The van der Waals surface area contributed by atoms with Crippen LogP contribution in [0.25, 0.3) is 0 Å². The Balaban J connectivity index is 1.51. The third kappa shape index (κ3) is 1.22. The summed E-state index contributed by atoms with van der Waals surface area (Å²) in [5.74, 6) is 4.85. The van der Waals surface area contributed by atoms with Crippen molar-refractivity contribution in [1.82, 2.24) is 4.98 Å². The molecule has 0 radical (unpaired) electrons. The van der Waals surface area contributed by atoms with E-state index in [2.05, 4.69) is 10.3 Å².